The fraction of sp³-hybridized carbons (Fsp3) is 0.125. The van der Waals surface area contributed by atoms with Crippen molar-refractivity contribution in [2.75, 3.05) is 17.7 Å². The molecule has 176 valence electrons. The molecule has 3 heterocycles. The van der Waals surface area contributed by atoms with Crippen LogP contribution in [-0.2, 0) is 9.53 Å². The van der Waals surface area contributed by atoms with Gasteiger partial charge in [0.1, 0.15) is 11.3 Å². The molecule has 0 unspecified atom stereocenters. The average molecular weight is 491 g/mol. The number of amides is 1. The Kier molecular flexibility index (Phi) is 6.15. The van der Waals surface area contributed by atoms with Gasteiger partial charge in [0.25, 0.3) is 0 Å². The van der Waals surface area contributed by atoms with Crippen LogP contribution < -0.4 is 5.32 Å². The molecule has 0 aliphatic rings. The average Bonchev–Trinajstić information content (AvgIpc) is 3.47. The third kappa shape index (κ3) is 4.71. The van der Waals surface area contributed by atoms with E-state index in [1.54, 1.807) is 64.6 Å². The largest absolute Gasteiger partial charge is 0.462 e. The lowest BCUT2D eigenvalue weighted by molar-refractivity contribution is -0.113. The molecule has 0 aliphatic heterocycles. The van der Waals surface area contributed by atoms with Crippen LogP contribution in [0.2, 0.25) is 0 Å². The quantitative estimate of drug-likeness (QED) is 0.271. The maximum atomic E-state index is 13.3. The van der Waals surface area contributed by atoms with Crippen LogP contribution in [0.3, 0.4) is 0 Å². The molecule has 0 radical (unpaired) electrons. The van der Waals surface area contributed by atoms with Gasteiger partial charge in [-0.25, -0.2) is 13.7 Å². The van der Waals surface area contributed by atoms with Crippen LogP contribution in [0.5, 0.6) is 0 Å². The maximum absolute atomic E-state index is 13.3. The Morgan fingerprint density at radius 3 is 2.71 bits per heavy atom. The molecular formula is C24H19FN6O3S. The number of thioether (sulfide) groups is 1. The summed E-state index contributed by atoms with van der Waals surface area (Å²) in [7, 11) is 0. The van der Waals surface area contributed by atoms with Gasteiger partial charge in [0.2, 0.25) is 5.91 Å². The highest BCUT2D eigenvalue weighted by Crippen LogP contribution is 2.24. The molecular weight excluding hydrogens is 471 g/mol. The number of nitrogens with one attached hydrogen (secondary N) is 1. The Hall–Kier alpha value is -4.25. The second-order valence-corrected chi connectivity index (χ2v) is 8.42. The third-order valence-corrected chi connectivity index (χ3v) is 6.06. The van der Waals surface area contributed by atoms with Crippen molar-refractivity contribution >= 4 is 40.5 Å². The molecule has 1 N–H and O–H groups in total. The van der Waals surface area contributed by atoms with Gasteiger partial charge in [0.15, 0.2) is 10.8 Å². The first-order valence-corrected chi connectivity index (χ1v) is 11.7. The molecule has 0 atom stereocenters. The summed E-state index contributed by atoms with van der Waals surface area (Å²) in [6.45, 7) is 2.01. The molecule has 11 heteroatoms. The van der Waals surface area contributed by atoms with E-state index < -0.39 is 5.97 Å². The number of esters is 1. The van der Waals surface area contributed by atoms with E-state index in [0.717, 1.165) is 11.1 Å². The van der Waals surface area contributed by atoms with Gasteiger partial charge in [-0.05, 0) is 55.5 Å². The maximum Gasteiger partial charge on any atom is 0.338 e. The van der Waals surface area contributed by atoms with Crippen LogP contribution in [0.4, 0.5) is 10.1 Å². The lowest BCUT2D eigenvalue weighted by atomic mass is 10.1. The van der Waals surface area contributed by atoms with Gasteiger partial charge in [0, 0.05) is 23.6 Å². The summed E-state index contributed by atoms with van der Waals surface area (Å²) in [4.78, 5) is 24.4. The Balaban J connectivity index is 1.30. The van der Waals surface area contributed by atoms with E-state index in [4.69, 9.17) is 4.74 Å². The molecule has 1 amide bonds. The third-order valence-electron chi connectivity index (χ3n) is 5.12. The van der Waals surface area contributed by atoms with Crippen molar-refractivity contribution in [3.63, 3.8) is 0 Å². The first-order chi connectivity index (χ1) is 17.0. The molecule has 0 saturated carbocycles. The molecule has 3 aromatic heterocycles. The standard InChI is InChI=1S/C24H19FN6O3S/c1-2-34-23(33)16-4-3-5-18(12-16)26-21(32)14-35-24-28-27-22-20-13-19(15-6-8-17(25)9-7-15)29-31(20)11-10-30(22)24/h3-13H,2,14H2,1H3,(H,26,32). The number of hydrogen-bond donors (Lipinski definition) is 1. The number of carbonyl (C=O) groups excluding carboxylic acids is 2. The minimum Gasteiger partial charge on any atom is -0.462 e. The number of hydrogen-bond acceptors (Lipinski definition) is 7. The minimum atomic E-state index is -0.443. The van der Waals surface area contributed by atoms with Crippen LogP contribution in [0.1, 0.15) is 17.3 Å². The zero-order valence-corrected chi connectivity index (χ0v) is 19.3. The number of halogens is 1. The van der Waals surface area contributed by atoms with Gasteiger partial charge in [-0.1, -0.05) is 17.8 Å². The topological polar surface area (TPSA) is 103 Å². The van der Waals surface area contributed by atoms with Crippen molar-refractivity contribution in [3.05, 3.63) is 78.4 Å². The molecule has 0 saturated heterocycles. The number of fused-ring (bicyclic) bond motifs is 3. The van der Waals surface area contributed by atoms with Gasteiger partial charge < -0.3 is 10.1 Å². The minimum absolute atomic E-state index is 0.0930. The summed E-state index contributed by atoms with van der Waals surface area (Å²) in [6, 6.07) is 14.5. The van der Waals surface area contributed by atoms with Crippen molar-refractivity contribution in [1.82, 2.24) is 24.2 Å². The van der Waals surface area contributed by atoms with Gasteiger partial charge in [-0.3, -0.25) is 9.20 Å². The normalized spacial score (nSPS) is 11.1. The van der Waals surface area contributed by atoms with Gasteiger partial charge in [-0.15, -0.1) is 10.2 Å². The summed E-state index contributed by atoms with van der Waals surface area (Å²) < 4.78 is 21.7. The summed E-state index contributed by atoms with van der Waals surface area (Å²) in [5.41, 5.74) is 3.64. The number of carbonyl (C=O) groups is 2. The molecule has 0 aliphatic carbocycles. The number of aromatic nitrogens is 5. The van der Waals surface area contributed by atoms with Crippen molar-refractivity contribution in [2.45, 2.75) is 12.1 Å². The SMILES string of the molecule is CCOC(=O)c1cccc(NC(=O)CSc2nnc3c4cc(-c5ccc(F)cc5)nn4ccn23)c1. The van der Waals surface area contributed by atoms with Gasteiger partial charge >= 0.3 is 5.97 Å². The molecule has 5 rings (SSSR count). The second-order valence-electron chi connectivity index (χ2n) is 7.48. The highest BCUT2D eigenvalue weighted by Gasteiger charge is 2.15. The smallest absolute Gasteiger partial charge is 0.338 e. The molecule has 2 aromatic carbocycles. The Bertz CT molecular complexity index is 1550. The lowest BCUT2D eigenvalue weighted by Crippen LogP contribution is -2.15. The van der Waals surface area contributed by atoms with Crippen LogP contribution in [0.25, 0.3) is 22.4 Å². The van der Waals surface area contributed by atoms with E-state index in [2.05, 4.69) is 20.6 Å². The number of nitrogens with zero attached hydrogens (tertiary/aromatic N) is 5. The monoisotopic (exact) mass is 490 g/mol. The lowest BCUT2D eigenvalue weighted by Gasteiger charge is -2.07. The molecule has 0 fully saturated rings. The summed E-state index contributed by atoms with van der Waals surface area (Å²) in [6.07, 6.45) is 3.54. The molecule has 9 nitrogen and oxygen atoms in total. The Morgan fingerprint density at radius 1 is 1.09 bits per heavy atom. The predicted molar refractivity (Wildman–Crippen MR) is 129 cm³/mol. The fourth-order valence-corrected chi connectivity index (χ4v) is 4.23. The van der Waals surface area contributed by atoms with Gasteiger partial charge in [0.05, 0.1) is 23.6 Å². The van der Waals surface area contributed by atoms with Crippen molar-refractivity contribution < 1.29 is 18.7 Å². The number of ether oxygens (including phenoxy) is 1. The fourth-order valence-electron chi connectivity index (χ4n) is 3.52. The van der Waals surface area contributed by atoms with E-state index in [1.807, 2.05) is 6.07 Å². The van der Waals surface area contributed by atoms with Gasteiger partial charge in [-0.2, -0.15) is 5.10 Å². The second kappa shape index (κ2) is 9.55. The predicted octanol–water partition coefficient (Wildman–Crippen LogP) is 4.09. The summed E-state index contributed by atoms with van der Waals surface area (Å²) in [5.74, 6) is -0.913. The zero-order chi connectivity index (χ0) is 24.4. The van der Waals surface area contributed by atoms with E-state index in [1.165, 1.54) is 23.9 Å². The highest BCUT2D eigenvalue weighted by molar-refractivity contribution is 7.99. The molecule has 35 heavy (non-hydrogen) atoms. The van der Waals surface area contributed by atoms with Crippen molar-refractivity contribution in [1.29, 1.82) is 0 Å². The van der Waals surface area contributed by atoms with E-state index >= 15 is 0 Å². The highest BCUT2D eigenvalue weighted by atomic mass is 32.2. The number of benzene rings is 2. The Morgan fingerprint density at radius 2 is 1.91 bits per heavy atom. The van der Waals surface area contributed by atoms with Crippen LogP contribution in [0, 0.1) is 5.82 Å². The van der Waals surface area contributed by atoms with Crippen molar-refractivity contribution in [3.8, 4) is 11.3 Å². The van der Waals surface area contributed by atoms with Crippen molar-refractivity contribution in [2.24, 2.45) is 0 Å². The summed E-state index contributed by atoms with van der Waals surface area (Å²) in [5, 5.41) is 16.3. The summed E-state index contributed by atoms with van der Waals surface area (Å²) >= 11 is 1.23. The molecule has 0 spiro atoms. The zero-order valence-electron chi connectivity index (χ0n) is 18.5. The molecule has 0 bridgehead atoms. The van der Waals surface area contributed by atoms with E-state index in [9.17, 15) is 14.0 Å². The first kappa shape index (κ1) is 22.5. The first-order valence-electron chi connectivity index (χ1n) is 10.7. The van der Waals surface area contributed by atoms with Crippen LogP contribution in [-0.4, -0.2) is 48.4 Å². The molecule has 5 aromatic rings. The Labute approximate surface area is 202 Å². The van der Waals surface area contributed by atoms with Crippen LogP contribution in [0.15, 0.2) is 72.1 Å². The van der Waals surface area contributed by atoms with E-state index in [-0.39, 0.29) is 24.1 Å². The van der Waals surface area contributed by atoms with E-state index in [0.29, 0.717) is 27.7 Å². The number of rotatable bonds is 7. The number of anilines is 1. The van der Waals surface area contributed by atoms with Crippen LogP contribution >= 0.6 is 11.8 Å².